The predicted molar refractivity (Wildman–Crippen MR) is 96.7 cm³/mol. The average Bonchev–Trinajstić information content (AvgIpc) is 3.28. The molecule has 2 aromatic heterocycles. The summed E-state index contributed by atoms with van der Waals surface area (Å²) in [6.45, 7) is 2.02. The highest BCUT2D eigenvalue weighted by Crippen LogP contribution is 2.33. The lowest BCUT2D eigenvalue weighted by Gasteiger charge is -2.09. The first-order valence-corrected chi connectivity index (χ1v) is 8.36. The first-order chi connectivity index (χ1) is 12.3. The second kappa shape index (κ2) is 5.37. The van der Waals surface area contributed by atoms with Crippen LogP contribution in [0.5, 0.6) is 0 Å². The lowest BCUT2D eigenvalue weighted by molar-refractivity contribution is -0.579. The average molecular weight is 329 g/mol. The number of hydrogen-bond donors (Lipinski definition) is 2. The molecule has 0 radical (unpaired) electrons. The van der Waals surface area contributed by atoms with Crippen molar-refractivity contribution in [1.82, 2.24) is 15.3 Å². The van der Waals surface area contributed by atoms with Crippen LogP contribution in [0.15, 0.2) is 53.9 Å². The van der Waals surface area contributed by atoms with Gasteiger partial charge in [0.1, 0.15) is 0 Å². The molecule has 2 aromatic carbocycles. The van der Waals surface area contributed by atoms with Crippen LogP contribution in [-0.4, -0.2) is 21.0 Å². The number of H-pyrrole nitrogens is 1. The van der Waals surface area contributed by atoms with E-state index < -0.39 is 0 Å². The Balaban J connectivity index is 1.52. The number of hydrogen-bond acceptors (Lipinski definition) is 4. The van der Waals surface area contributed by atoms with Crippen molar-refractivity contribution in [1.29, 1.82) is 0 Å². The summed E-state index contributed by atoms with van der Waals surface area (Å²) in [6.07, 6.45) is 3.97. The summed E-state index contributed by atoms with van der Waals surface area (Å²) in [4.78, 5) is 0. The molecular formula is C19H17N6+. The van der Waals surface area contributed by atoms with Gasteiger partial charge < -0.3 is 0 Å². The minimum absolute atomic E-state index is 0.671. The molecule has 0 saturated heterocycles. The number of aromatic amines is 1. The molecule has 0 unspecified atom stereocenters. The van der Waals surface area contributed by atoms with E-state index in [4.69, 9.17) is 0 Å². The van der Waals surface area contributed by atoms with Gasteiger partial charge in [-0.2, -0.15) is 5.10 Å². The topological polar surface area (TPSA) is 70.1 Å². The van der Waals surface area contributed by atoms with Crippen LogP contribution in [0.2, 0.25) is 0 Å². The minimum atomic E-state index is 0.671. The molecular weight excluding hydrogens is 312 g/mol. The maximum Gasteiger partial charge on any atom is 0.325 e. The smallest absolute Gasteiger partial charge is 0.259 e. The van der Waals surface area contributed by atoms with Crippen molar-refractivity contribution in [3.63, 3.8) is 0 Å². The first-order valence-electron chi connectivity index (χ1n) is 8.36. The second-order valence-electron chi connectivity index (χ2n) is 6.31. The van der Waals surface area contributed by atoms with Crippen molar-refractivity contribution < 1.29 is 4.52 Å². The van der Waals surface area contributed by atoms with Crippen LogP contribution in [-0.2, 0) is 12.8 Å². The summed E-state index contributed by atoms with van der Waals surface area (Å²) in [5, 5.41) is 18.5. The van der Waals surface area contributed by atoms with Gasteiger partial charge in [-0.25, -0.2) is 0 Å². The number of aromatic nitrogens is 4. The molecule has 0 amide bonds. The Morgan fingerprint density at radius 3 is 2.92 bits per heavy atom. The molecule has 6 nitrogen and oxygen atoms in total. The molecule has 1 aliphatic rings. The maximum absolute atomic E-state index is 4.55. The fraction of sp³-hybridized carbons (Fsp3) is 0.158. The van der Waals surface area contributed by atoms with E-state index in [-0.39, 0.29) is 0 Å². The molecule has 0 spiro atoms. The number of rotatable bonds is 3. The fourth-order valence-electron chi connectivity index (χ4n) is 3.59. The number of aryl methyl sites for hydroxylation is 2. The molecule has 0 fully saturated rings. The highest BCUT2D eigenvalue weighted by atomic mass is 15.4. The summed E-state index contributed by atoms with van der Waals surface area (Å²) in [5.41, 5.74) is 8.80. The van der Waals surface area contributed by atoms with E-state index in [2.05, 4.69) is 56.2 Å². The predicted octanol–water partition coefficient (Wildman–Crippen LogP) is 2.63. The molecule has 0 aliphatic heterocycles. The van der Waals surface area contributed by atoms with Gasteiger partial charge in [-0.05, 0) is 47.7 Å². The van der Waals surface area contributed by atoms with Gasteiger partial charge in [0, 0.05) is 16.7 Å². The van der Waals surface area contributed by atoms with Gasteiger partial charge in [-0.3, -0.25) is 5.43 Å². The molecule has 25 heavy (non-hydrogen) atoms. The van der Waals surface area contributed by atoms with Gasteiger partial charge in [-0.1, -0.05) is 35.4 Å². The number of nitrogens with zero attached hydrogens (tertiary/aromatic N) is 4. The molecule has 6 heteroatoms. The molecule has 4 aromatic rings. The number of benzene rings is 2. The fourth-order valence-corrected chi connectivity index (χ4v) is 3.59. The highest BCUT2D eigenvalue weighted by molar-refractivity contribution is 6.11. The minimum Gasteiger partial charge on any atom is -0.259 e. The zero-order valence-corrected chi connectivity index (χ0v) is 13.8. The van der Waals surface area contributed by atoms with E-state index >= 15 is 0 Å². The first kappa shape index (κ1) is 14.1. The van der Waals surface area contributed by atoms with E-state index in [1.807, 2.05) is 19.1 Å². The Bertz CT molecular complexity index is 1130. The Hall–Kier alpha value is -3.28. The van der Waals surface area contributed by atoms with Crippen LogP contribution in [0, 0.1) is 0 Å². The largest absolute Gasteiger partial charge is 0.325 e. The summed E-state index contributed by atoms with van der Waals surface area (Å²) >= 11 is 0. The molecule has 2 N–H and O–H groups in total. The molecule has 2 heterocycles. The van der Waals surface area contributed by atoms with Crippen LogP contribution in [0.4, 0.5) is 5.82 Å². The van der Waals surface area contributed by atoms with Gasteiger partial charge in [0.2, 0.25) is 6.33 Å². The Morgan fingerprint density at radius 1 is 1.12 bits per heavy atom. The third-order valence-corrected chi connectivity index (χ3v) is 4.80. The summed E-state index contributed by atoms with van der Waals surface area (Å²) < 4.78 is 1.67. The number of nitrogens with one attached hydrogen (secondary N) is 2. The van der Waals surface area contributed by atoms with Crippen LogP contribution in [0.3, 0.4) is 0 Å². The molecule has 0 atom stereocenters. The van der Waals surface area contributed by atoms with Gasteiger partial charge in [0.05, 0.1) is 5.71 Å². The van der Waals surface area contributed by atoms with Crippen molar-refractivity contribution in [2.75, 3.05) is 5.43 Å². The third kappa shape index (κ3) is 2.26. The normalized spacial score (nSPS) is 13.7. The van der Waals surface area contributed by atoms with Crippen LogP contribution >= 0.6 is 0 Å². The van der Waals surface area contributed by atoms with E-state index in [1.165, 1.54) is 21.9 Å². The third-order valence-electron chi connectivity index (χ3n) is 4.80. The lowest BCUT2D eigenvalue weighted by Crippen LogP contribution is -2.24. The van der Waals surface area contributed by atoms with E-state index in [0.717, 1.165) is 29.8 Å². The van der Waals surface area contributed by atoms with Crippen molar-refractivity contribution in [2.24, 2.45) is 5.10 Å². The number of anilines is 1. The molecule has 0 bridgehead atoms. The van der Waals surface area contributed by atoms with E-state index in [0.29, 0.717) is 5.82 Å². The summed E-state index contributed by atoms with van der Waals surface area (Å²) in [5.74, 6) is 0.671. The highest BCUT2D eigenvalue weighted by Gasteiger charge is 2.16. The van der Waals surface area contributed by atoms with Crippen molar-refractivity contribution in [3.05, 3.63) is 65.5 Å². The molecule has 5 rings (SSSR count). The van der Waals surface area contributed by atoms with Crippen LogP contribution < -0.4 is 9.94 Å². The van der Waals surface area contributed by atoms with Gasteiger partial charge in [-0.15, -0.1) is 9.61 Å². The van der Waals surface area contributed by atoms with Gasteiger partial charge in [0.25, 0.3) is 0 Å². The zero-order valence-electron chi connectivity index (χ0n) is 13.8. The summed E-state index contributed by atoms with van der Waals surface area (Å²) in [6, 6.07) is 14.7. The van der Waals surface area contributed by atoms with Gasteiger partial charge in [0.15, 0.2) is 5.82 Å². The molecule has 0 saturated carbocycles. The maximum atomic E-state index is 4.55. The quantitative estimate of drug-likeness (QED) is 0.345. The number of fused-ring (bicyclic) bond motifs is 1. The van der Waals surface area contributed by atoms with E-state index in [9.17, 15) is 0 Å². The lowest BCUT2D eigenvalue weighted by atomic mass is 9.98. The summed E-state index contributed by atoms with van der Waals surface area (Å²) in [7, 11) is 0. The van der Waals surface area contributed by atoms with Crippen molar-refractivity contribution in [3.8, 4) is 0 Å². The van der Waals surface area contributed by atoms with E-state index in [1.54, 1.807) is 10.8 Å². The second-order valence-corrected chi connectivity index (χ2v) is 6.31. The zero-order chi connectivity index (χ0) is 16.8. The Labute approximate surface area is 144 Å². The Morgan fingerprint density at radius 2 is 2.00 bits per heavy atom. The SMILES string of the molecule is C/C(=N\Nc1ccc2n[nH]c[n+]2n1)c1ccc2c3c(cccc13)CC2. The van der Waals surface area contributed by atoms with Crippen molar-refractivity contribution in [2.45, 2.75) is 19.8 Å². The van der Waals surface area contributed by atoms with Crippen LogP contribution in [0.25, 0.3) is 16.4 Å². The van der Waals surface area contributed by atoms with Crippen LogP contribution in [0.1, 0.15) is 23.6 Å². The van der Waals surface area contributed by atoms with Crippen molar-refractivity contribution >= 4 is 27.9 Å². The monoisotopic (exact) mass is 329 g/mol. The standard InChI is InChI=1S/C19H16N6/c1-12(21-22-17-9-10-18-23-20-11-25(18)24-17)15-8-7-14-6-5-13-3-2-4-16(15)19(13)14/h2-4,7-11H,5-6H2,1H3,(H,22,24)/p+1/b21-12+. The van der Waals surface area contributed by atoms with Gasteiger partial charge >= 0.3 is 5.65 Å². The molecule has 1 aliphatic carbocycles. The Kier molecular flexibility index (Phi) is 3.03. The molecule has 122 valence electrons. The number of hydrazone groups is 1.